The molecule has 2 N–H and O–H groups in total. The second-order valence-electron chi connectivity index (χ2n) is 6.72. The monoisotopic (exact) mass is 350 g/mol. The van der Waals surface area contributed by atoms with Crippen LogP contribution in [0.2, 0.25) is 0 Å². The number of anilines is 1. The Bertz CT molecular complexity index is 877. The predicted molar refractivity (Wildman–Crippen MR) is 104 cm³/mol. The first-order valence-electron chi connectivity index (χ1n) is 9.65. The lowest BCUT2D eigenvalue weighted by Gasteiger charge is -2.12. The fourth-order valence-corrected chi connectivity index (χ4v) is 3.35. The molecule has 1 aliphatic heterocycles. The normalized spacial score (nSPS) is 19.2. The van der Waals surface area contributed by atoms with Gasteiger partial charge in [-0.15, -0.1) is 0 Å². The lowest BCUT2D eigenvalue weighted by Crippen LogP contribution is -2.22. The first-order valence-corrected chi connectivity index (χ1v) is 9.65. The van der Waals surface area contributed by atoms with E-state index in [0.29, 0.717) is 12.0 Å². The molecule has 0 bridgehead atoms. The predicted octanol–water partition coefficient (Wildman–Crippen LogP) is 3.47. The molecule has 26 heavy (non-hydrogen) atoms. The average molecular weight is 350 g/mol. The van der Waals surface area contributed by atoms with Gasteiger partial charge in [0.2, 0.25) is 0 Å². The Hall–Kier alpha value is -2.47. The fraction of sp³-hybridized carbons (Fsp3) is 0.450. The Balaban J connectivity index is 0.000000814. The van der Waals surface area contributed by atoms with Crippen molar-refractivity contribution in [1.82, 2.24) is 24.9 Å². The quantitative estimate of drug-likeness (QED) is 0.754. The summed E-state index contributed by atoms with van der Waals surface area (Å²) in [5.41, 5.74) is 4.02. The van der Waals surface area contributed by atoms with Gasteiger partial charge in [-0.25, -0.2) is 14.5 Å². The summed E-state index contributed by atoms with van der Waals surface area (Å²) in [5, 5.41) is 11.5. The highest BCUT2D eigenvalue weighted by Crippen LogP contribution is 2.40. The summed E-state index contributed by atoms with van der Waals surface area (Å²) in [7, 11) is 0. The molecular formula is C20H26N6. The van der Waals surface area contributed by atoms with Crippen LogP contribution in [0, 0.1) is 0 Å². The van der Waals surface area contributed by atoms with Crippen molar-refractivity contribution in [2.45, 2.75) is 45.1 Å². The molecular weight excluding hydrogens is 324 g/mol. The zero-order valence-corrected chi connectivity index (χ0v) is 15.4. The number of fused-ring (bicyclic) bond motifs is 1. The van der Waals surface area contributed by atoms with Crippen molar-refractivity contribution in [3.8, 4) is 11.4 Å². The Morgan fingerprint density at radius 2 is 2.04 bits per heavy atom. The smallest absolute Gasteiger partial charge is 0.154 e. The van der Waals surface area contributed by atoms with E-state index in [1.54, 1.807) is 0 Å². The van der Waals surface area contributed by atoms with Crippen LogP contribution in [0.15, 0.2) is 36.7 Å². The summed E-state index contributed by atoms with van der Waals surface area (Å²) in [4.78, 5) is 9.29. The van der Waals surface area contributed by atoms with Gasteiger partial charge in [0, 0.05) is 12.6 Å². The second-order valence-corrected chi connectivity index (χ2v) is 6.72. The molecule has 1 atom stereocenters. The molecule has 6 nitrogen and oxygen atoms in total. The average Bonchev–Trinajstić information content (AvgIpc) is 3.25. The van der Waals surface area contributed by atoms with E-state index in [1.165, 1.54) is 18.4 Å². The SMILES string of the molecule is CC.c1cc(NC2CCNC2)nc(-c2cnc3cc(C4CC4)cnn23)c1. The molecule has 3 aromatic rings. The summed E-state index contributed by atoms with van der Waals surface area (Å²) in [5.74, 6) is 1.60. The fourth-order valence-electron chi connectivity index (χ4n) is 3.35. The Morgan fingerprint density at radius 3 is 2.81 bits per heavy atom. The number of nitrogens with zero attached hydrogens (tertiary/aromatic N) is 4. The van der Waals surface area contributed by atoms with E-state index in [2.05, 4.69) is 26.8 Å². The van der Waals surface area contributed by atoms with Gasteiger partial charge in [-0.05, 0) is 55.5 Å². The molecule has 0 aromatic carbocycles. The van der Waals surface area contributed by atoms with Gasteiger partial charge in [0.1, 0.15) is 11.5 Å². The summed E-state index contributed by atoms with van der Waals surface area (Å²) in [6.45, 7) is 6.06. The molecule has 1 saturated heterocycles. The van der Waals surface area contributed by atoms with Crippen LogP contribution in [0.5, 0.6) is 0 Å². The van der Waals surface area contributed by atoms with Gasteiger partial charge in [0.15, 0.2) is 5.65 Å². The standard InChI is InChI=1S/C18H20N6.C2H6/c1-2-15(23-17(3-1)22-14-6-7-19-10-14)16-11-20-18-8-13(12-4-5-12)9-21-24(16)18;1-2/h1-3,8-9,11-12,14,19H,4-7,10H2,(H,22,23);1-2H3. The van der Waals surface area contributed by atoms with Crippen LogP contribution in [0.4, 0.5) is 5.82 Å². The van der Waals surface area contributed by atoms with Gasteiger partial charge >= 0.3 is 0 Å². The molecule has 2 aliphatic rings. The lowest BCUT2D eigenvalue weighted by molar-refractivity contribution is 0.788. The van der Waals surface area contributed by atoms with Gasteiger partial charge in [-0.2, -0.15) is 5.10 Å². The van der Waals surface area contributed by atoms with E-state index >= 15 is 0 Å². The summed E-state index contributed by atoms with van der Waals surface area (Å²) >= 11 is 0. The number of nitrogens with one attached hydrogen (secondary N) is 2. The largest absolute Gasteiger partial charge is 0.366 e. The van der Waals surface area contributed by atoms with Gasteiger partial charge in [-0.1, -0.05) is 19.9 Å². The van der Waals surface area contributed by atoms with Gasteiger partial charge in [0.25, 0.3) is 0 Å². The van der Waals surface area contributed by atoms with Crippen LogP contribution in [0.25, 0.3) is 17.0 Å². The van der Waals surface area contributed by atoms with Gasteiger partial charge < -0.3 is 10.6 Å². The van der Waals surface area contributed by atoms with Crippen molar-refractivity contribution < 1.29 is 0 Å². The topological polar surface area (TPSA) is 67.1 Å². The summed E-state index contributed by atoms with van der Waals surface area (Å²) < 4.78 is 1.88. The maximum absolute atomic E-state index is 4.76. The van der Waals surface area contributed by atoms with E-state index < -0.39 is 0 Å². The van der Waals surface area contributed by atoms with E-state index in [0.717, 1.165) is 42.4 Å². The van der Waals surface area contributed by atoms with E-state index in [-0.39, 0.29) is 0 Å². The number of pyridine rings is 1. The van der Waals surface area contributed by atoms with Crippen molar-refractivity contribution in [2.75, 3.05) is 18.4 Å². The molecule has 0 radical (unpaired) electrons. The van der Waals surface area contributed by atoms with Crippen molar-refractivity contribution in [2.24, 2.45) is 0 Å². The number of imidazole rings is 1. The molecule has 1 aliphatic carbocycles. The molecule has 1 saturated carbocycles. The second kappa shape index (κ2) is 7.41. The highest BCUT2D eigenvalue weighted by atomic mass is 15.3. The molecule has 0 spiro atoms. The minimum atomic E-state index is 0.453. The van der Waals surface area contributed by atoms with Crippen molar-refractivity contribution in [3.63, 3.8) is 0 Å². The number of hydrogen-bond donors (Lipinski definition) is 2. The van der Waals surface area contributed by atoms with Crippen LogP contribution in [0.1, 0.15) is 44.6 Å². The molecule has 4 heterocycles. The zero-order chi connectivity index (χ0) is 17.9. The van der Waals surface area contributed by atoms with Crippen LogP contribution < -0.4 is 10.6 Å². The van der Waals surface area contributed by atoms with Crippen LogP contribution >= 0.6 is 0 Å². The Kier molecular flexibility index (Phi) is 4.84. The number of aromatic nitrogens is 4. The highest BCUT2D eigenvalue weighted by Gasteiger charge is 2.24. The Morgan fingerprint density at radius 1 is 1.15 bits per heavy atom. The minimum absolute atomic E-state index is 0.453. The third kappa shape index (κ3) is 3.42. The van der Waals surface area contributed by atoms with E-state index in [1.807, 2.05) is 49.0 Å². The van der Waals surface area contributed by atoms with Gasteiger partial charge in [0.05, 0.1) is 18.1 Å². The van der Waals surface area contributed by atoms with Crippen LogP contribution in [-0.2, 0) is 0 Å². The highest BCUT2D eigenvalue weighted by molar-refractivity contribution is 5.61. The minimum Gasteiger partial charge on any atom is -0.366 e. The van der Waals surface area contributed by atoms with E-state index in [4.69, 9.17) is 4.98 Å². The molecule has 0 amide bonds. The number of rotatable bonds is 4. The maximum atomic E-state index is 4.76. The van der Waals surface area contributed by atoms with Gasteiger partial charge in [-0.3, -0.25) is 0 Å². The van der Waals surface area contributed by atoms with Crippen LogP contribution in [-0.4, -0.2) is 38.7 Å². The molecule has 136 valence electrons. The first kappa shape index (κ1) is 17.0. The maximum Gasteiger partial charge on any atom is 0.154 e. The zero-order valence-electron chi connectivity index (χ0n) is 15.4. The summed E-state index contributed by atoms with van der Waals surface area (Å²) in [6, 6.07) is 8.67. The third-order valence-corrected chi connectivity index (χ3v) is 4.85. The molecule has 5 rings (SSSR count). The van der Waals surface area contributed by atoms with Crippen molar-refractivity contribution in [3.05, 3.63) is 42.2 Å². The van der Waals surface area contributed by atoms with Crippen LogP contribution in [0.3, 0.4) is 0 Å². The molecule has 3 aromatic heterocycles. The first-order chi connectivity index (χ1) is 12.9. The lowest BCUT2D eigenvalue weighted by atomic mass is 10.2. The number of hydrogen-bond acceptors (Lipinski definition) is 5. The van der Waals surface area contributed by atoms with Crippen molar-refractivity contribution in [1.29, 1.82) is 0 Å². The van der Waals surface area contributed by atoms with E-state index in [9.17, 15) is 0 Å². The van der Waals surface area contributed by atoms with Crippen molar-refractivity contribution >= 4 is 11.5 Å². The Labute approximate surface area is 154 Å². The molecule has 2 fully saturated rings. The molecule has 6 heteroatoms. The molecule has 1 unspecified atom stereocenters. The summed E-state index contributed by atoms with van der Waals surface area (Å²) in [6.07, 6.45) is 7.52. The third-order valence-electron chi connectivity index (χ3n) is 4.85.